The predicted octanol–water partition coefficient (Wildman–Crippen LogP) is -0.164. The van der Waals surface area contributed by atoms with Crippen molar-refractivity contribution in [2.45, 2.75) is 25.3 Å². The summed E-state index contributed by atoms with van der Waals surface area (Å²) in [5, 5.41) is 12.2. The molecule has 25 heavy (non-hydrogen) atoms. The highest BCUT2D eigenvalue weighted by molar-refractivity contribution is 5.94. The fraction of sp³-hybridized carbons (Fsp3) is 0.526. The number of nitrogens with one attached hydrogen (secondary N) is 2. The summed E-state index contributed by atoms with van der Waals surface area (Å²) in [7, 11) is 0. The van der Waals surface area contributed by atoms with E-state index >= 15 is 0 Å². The van der Waals surface area contributed by atoms with Crippen LogP contribution in [0.25, 0.3) is 0 Å². The lowest BCUT2D eigenvalue weighted by atomic mass is 9.98. The van der Waals surface area contributed by atoms with E-state index in [-0.39, 0.29) is 17.7 Å². The summed E-state index contributed by atoms with van der Waals surface area (Å²) in [6.07, 6.45) is 2.02. The first-order valence-electron chi connectivity index (χ1n) is 8.92. The van der Waals surface area contributed by atoms with Gasteiger partial charge in [-0.25, -0.2) is 0 Å². The highest BCUT2D eigenvalue weighted by Crippen LogP contribution is 2.39. The van der Waals surface area contributed by atoms with E-state index in [4.69, 9.17) is 0 Å². The molecule has 0 unspecified atom stereocenters. The molecule has 3 rings (SSSR count). The first-order chi connectivity index (χ1) is 12.0. The van der Waals surface area contributed by atoms with Crippen molar-refractivity contribution in [1.29, 1.82) is 5.26 Å². The molecule has 1 atom stereocenters. The molecule has 0 aromatic heterocycles. The summed E-state index contributed by atoms with van der Waals surface area (Å²) < 4.78 is 0. The molecule has 132 valence electrons. The molecule has 2 amide bonds. The Hall–Kier alpha value is -2.39. The Morgan fingerprint density at radius 2 is 1.92 bits per heavy atom. The van der Waals surface area contributed by atoms with E-state index in [0.717, 1.165) is 30.8 Å². The van der Waals surface area contributed by atoms with E-state index in [1.165, 1.54) is 0 Å². The fourth-order valence-corrected chi connectivity index (χ4v) is 3.41. The highest BCUT2D eigenvalue weighted by atomic mass is 16.2. The molecule has 1 saturated heterocycles. The Kier molecular flexibility index (Phi) is 5.05. The van der Waals surface area contributed by atoms with Crippen LogP contribution in [0.3, 0.4) is 0 Å². The van der Waals surface area contributed by atoms with Crippen molar-refractivity contribution in [3.8, 4) is 6.07 Å². The third kappa shape index (κ3) is 4.18. The maximum absolute atomic E-state index is 12.4. The number of piperazine rings is 1. The minimum Gasteiger partial charge on any atom is -0.333 e. The van der Waals surface area contributed by atoms with E-state index in [1.54, 1.807) is 0 Å². The van der Waals surface area contributed by atoms with Crippen molar-refractivity contribution in [3.05, 3.63) is 35.9 Å². The average molecular weight is 341 g/mol. The van der Waals surface area contributed by atoms with Crippen LogP contribution in [0.5, 0.6) is 0 Å². The summed E-state index contributed by atoms with van der Waals surface area (Å²) >= 11 is 0. The van der Waals surface area contributed by atoms with Gasteiger partial charge in [-0.2, -0.15) is 5.26 Å². The molecule has 0 radical (unpaired) electrons. The fourth-order valence-electron chi connectivity index (χ4n) is 3.41. The summed E-state index contributed by atoms with van der Waals surface area (Å²) in [6, 6.07) is 11.5. The van der Waals surface area contributed by atoms with Crippen LogP contribution in [0, 0.1) is 17.2 Å². The topological polar surface area (TPSA) is 77.6 Å². The minimum absolute atomic E-state index is 0.0508. The minimum atomic E-state index is -0.735. The Balaban J connectivity index is 1.47. The maximum atomic E-state index is 12.4. The first-order valence-corrected chi connectivity index (χ1v) is 8.92. The zero-order valence-corrected chi connectivity index (χ0v) is 14.6. The van der Waals surface area contributed by atoms with Crippen LogP contribution in [0.4, 0.5) is 0 Å². The lowest BCUT2D eigenvalue weighted by molar-refractivity contribution is -0.896. The molecule has 0 bridgehead atoms. The lowest BCUT2D eigenvalue weighted by Crippen LogP contribution is -3.16. The molecule has 1 aromatic rings. The van der Waals surface area contributed by atoms with Gasteiger partial charge in [0.1, 0.15) is 5.54 Å². The molecule has 2 fully saturated rings. The van der Waals surface area contributed by atoms with Gasteiger partial charge in [0.15, 0.2) is 6.54 Å². The summed E-state index contributed by atoms with van der Waals surface area (Å²) in [5.41, 5.74) is -0.0281. The van der Waals surface area contributed by atoms with Crippen LogP contribution in [-0.4, -0.2) is 55.0 Å². The zero-order valence-electron chi connectivity index (χ0n) is 14.6. The van der Waals surface area contributed by atoms with Gasteiger partial charge in [-0.15, -0.1) is 0 Å². The molecule has 1 heterocycles. The molecule has 1 saturated carbocycles. The average Bonchev–Trinajstić information content (AvgIpc) is 3.48. The van der Waals surface area contributed by atoms with Crippen LogP contribution < -0.4 is 10.2 Å². The van der Waals surface area contributed by atoms with Gasteiger partial charge in [0.25, 0.3) is 11.8 Å². The summed E-state index contributed by atoms with van der Waals surface area (Å²) in [6.45, 7) is 4.96. The molecule has 6 nitrogen and oxygen atoms in total. The summed E-state index contributed by atoms with van der Waals surface area (Å²) in [4.78, 5) is 27.7. The SMILES string of the molecule is C[C@@](C#N)(NC(=O)C[NH+]1CCN(C(=O)c2ccccc2)CC1)C1CC1. The van der Waals surface area contributed by atoms with Crippen molar-refractivity contribution in [2.75, 3.05) is 32.7 Å². The van der Waals surface area contributed by atoms with Crippen LogP contribution in [0.2, 0.25) is 0 Å². The number of benzene rings is 1. The van der Waals surface area contributed by atoms with Crippen molar-refractivity contribution >= 4 is 11.8 Å². The smallest absolute Gasteiger partial charge is 0.276 e. The van der Waals surface area contributed by atoms with Gasteiger partial charge < -0.3 is 15.1 Å². The number of carbonyl (C=O) groups is 2. The summed E-state index contributed by atoms with van der Waals surface area (Å²) in [5.74, 6) is 0.264. The zero-order chi connectivity index (χ0) is 17.9. The second kappa shape index (κ2) is 7.24. The van der Waals surface area contributed by atoms with Crippen molar-refractivity contribution in [1.82, 2.24) is 10.2 Å². The Labute approximate surface area is 148 Å². The van der Waals surface area contributed by atoms with Gasteiger partial charge in [0.2, 0.25) is 0 Å². The molecule has 2 N–H and O–H groups in total. The second-order valence-electron chi connectivity index (χ2n) is 7.22. The van der Waals surface area contributed by atoms with Gasteiger partial charge >= 0.3 is 0 Å². The Morgan fingerprint density at radius 1 is 1.28 bits per heavy atom. The Morgan fingerprint density at radius 3 is 2.48 bits per heavy atom. The number of nitriles is 1. The van der Waals surface area contributed by atoms with Gasteiger partial charge in [-0.1, -0.05) is 18.2 Å². The van der Waals surface area contributed by atoms with Gasteiger partial charge in [-0.3, -0.25) is 9.59 Å². The van der Waals surface area contributed by atoms with E-state index in [2.05, 4.69) is 11.4 Å². The number of hydrogen-bond acceptors (Lipinski definition) is 3. The lowest BCUT2D eigenvalue weighted by Gasteiger charge is -2.32. The molecule has 6 heteroatoms. The number of nitrogens with zero attached hydrogens (tertiary/aromatic N) is 2. The normalized spacial score (nSPS) is 20.4. The monoisotopic (exact) mass is 341 g/mol. The quantitative estimate of drug-likeness (QED) is 0.781. The molecule has 2 aliphatic rings. The number of carbonyl (C=O) groups excluding carboxylic acids is 2. The molecule has 1 aliphatic carbocycles. The Bertz CT molecular complexity index is 672. The number of rotatable bonds is 5. The van der Waals surface area contributed by atoms with Gasteiger partial charge in [-0.05, 0) is 37.8 Å². The second-order valence-corrected chi connectivity index (χ2v) is 7.22. The first kappa shape index (κ1) is 17.4. The van der Waals surface area contributed by atoms with Crippen molar-refractivity contribution in [3.63, 3.8) is 0 Å². The molecule has 0 spiro atoms. The number of amides is 2. The third-order valence-electron chi connectivity index (χ3n) is 5.21. The maximum Gasteiger partial charge on any atom is 0.276 e. The van der Waals surface area contributed by atoms with E-state index in [9.17, 15) is 14.9 Å². The van der Waals surface area contributed by atoms with Crippen LogP contribution in [0.15, 0.2) is 30.3 Å². The van der Waals surface area contributed by atoms with Crippen LogP contribution in [-0.2, 0) is 4.79 Å². The number of quaternary nitrogens is 1. The molecule has 1 aliphatic heterocycles. The number of hydrogen-bond donors (Lipinski definition) is 2. The van der Waals surface area contributed by atoms with E-state index in [0.29, 0.717) is 25.2 Å². The molecular weight excluding hydrogens is 316 g/mol. The molecular formula is C19H25N4O2+. The standard InChI is InChI=1S/C19H24N4O2/c1-19(14-20,16-7-8-16)21-17(24)13-22-9-11-23(12-10-22)18(25)15-5-3-2-4-6-15/h2-6,16H,7-13H2,1H3,(H,21,24)/p+1/t19-/m0/s1. The third-order valence-corrected chi connectivity index (χ3v) is 5.21. The molecule has 1 aromatic carbocycles. The van der Waals surface area contributed by atoms with Crippen molar-refractivity contribution in [2.24, 2.45) is 5.92 Å². The van der Waals surface area contributed by atoms with Gasteiger partial charge in [0.05, 0.1) is 32.2 Å². The van der Waals surface area contributed by atoms with E-state index < -0.39 is 5.54 Å². The highest BCUT2D eigenvalue weighted by Gasteiger charge is 2.43. The van der Waals surface area contributed by atoms with Crippen molar-refractivity contribution < 1.29 is 14.5 Å². The van der Waals surface area contributed by atoms with Crippen LogP contribution >= 0.6 is 0 Å². The van der Waals surface area contributed by atoms with Crippen LogP contribution in [0.1, 0.15) is 30.1 Å². The van der Waals surface area contributed by atoms with E-state index in [1.807, 2.05) is 42.2 Å². The van der Waals surface area contributed by atoms with Gasteiger partial charge in [0, 0.05) is 5.56 Å². The predicted molar refractivity (Wildman–Crippen MR) is 92.8 cm³/mol. The largest absolute Gasteiger partial charge is 0.333 e.